The molecule has 100 valence electrons. The van der Waals surface area contributed by atoms with E-state index >= 15 is 0 Å². The lowest BCUT2D eigenvalue weighted by Crippen LogP contribution is -2.12. The number of nitrogen functional groups attached to an aromatic ring is 1. The lowest BCUT2D eigenvalue weighted by Gasteiger charge is -2.10. The van der Waals surface area contributed by atoms with Crippen LogP contribution in [0.5, 0.6) is 0 Å². The first-order chi connectivity index (χ1) is 9.76. The maximum absolute atomic E-state index is 5.36. The summed E-state index contributed by atoms with van der Waals surface area (Å²) in [7, 11) is 0. The monoisotopic (exact) mass is 266 g/mol. The average molecular weight is 266 g/mol. The molecule has 20 heavy (non-hydrogen) atoms. The molecule has 0 radical (unpaired) electrons. The number of benzene rings is 1. The summed E-state index contributed by atoms with van der Waals surface area (Å²) in [6, 6.07) is 11.7. The van der Waals surface area contributed by atoms with E-state index in [0.29, 0.717) is 11.8 Å². The largest absolute Gasteiger partial charge is 0.338 e. The first-order valence-electron chi connectivity index (χ1n) is 6.19. The van der Waals surface area contributed by atoms with Crippen LogP contribution in [-0.2, 0) is 0 Å². The van der Waals surface area contributed by atoms with Crippen molar-refractivity contribution in [1.29, 1.82) is 0 Å². The normalized spacial score (nSPS) is 10.5. The molecule has 1 aromatic carbocycles. The molecule has 3 rings (SSSR count). The highest BCUT2D eigenvalue weighted by molar-refractivity contribution is 5.91. The van der Waals surface area contributed by atoms with Crippen LogP contribution >= 0.6 is 0 Å². The van der Waals surface area contributed by atoms with Crippen LogP contribution in [0.1, 0.15) is 5.69 Å². The summed E-state index contributed by atoms with van der Waals surface area (Å²) in [6.45, 7) is 1.88. The molecule has 6 heteroatoms. The number of para-hydroxylation sites is 1. The summed E-state index contributed by atoms with van der Waals surface area (Å²) in [4.78, 5) is 12.8. The number of anilines is 3. The second-order valence-corrected chi connectivity index (χ2v) is 4.37. The van der Waals surface area contributed by atoms with E-state index in [2.05, 4.69) is 25.7 Å². The van der Waals surface area contributed by atoms with Crippen LogP contribution in [0, 0.1) is 6.92 Å². The molecular formula is C14H14N6. The van der Waals surface area contributed by atoms with Crippen LogP contribution in [0.3, 0.4) is 0 Å². The molecule has 4 N–H and O–H groups in total. The van der Waals surface area contributed by atoms with Gasteiger partial charge in [-0.1, -0.05) is 18.2 Å². The number of pyridine rings is 1. The Hall–Kier alpha value is -2.73. The highest BCUT2D eigenvalue weighted by Crippen LogP contribution is 2.24. The van der Waals surface area contributed by atoms with Crippen molar-refractivity contribution in [3.05, 3.63) is 48.3 Å². The third-order valence-electron chi connectivity index (χ3n) is 2.88. The molecule has 3 aromatic rings. The molecule has 0 saturated carbocycles. The van der Waals surface area contributed by atoms with Crippen LogP contribution in [0.4, 0.5) is 17.5 Å². The highest BCUT2D eigenvalue weighted by atomic mass is 15.3. The lowest BCUT2D eigenvalue weighted by molar-refractivity contribution is 1.07. The number of hydrogen-bond acceptors (Lipinski definition) is 6. The van der Waals surface area contributed by atoms with E-state index in [4.69, 9.17) is 5.84 Å². The molecular weight excluding hydrogens is 252 g/mol. The second-order valence-electron chi connectivity index (χ2n) is 4.37. The van der Waals surface area contributed by atoms with Gasteiger partial charge in [-0.15, -0.1) is 0 Å². The third kappa shape index (κ3) is 2.36. The van der Waals surface area contributed by atoms with Gasteiger partial charge in [0.1, 0.15) is 5.82 Å². The summed E-state index contributed by atoms with van der Waals surface area (Å²) < 4.78 is 0. The molecule has 0 amide bonds. The van der Waals surface area contributed by atoms with Gasteiger partial charge in [-0.05, 0) is 19.1 Å². The molecule has 0 aliphatic heterocycles. The summed E-state index contributed by atoms with van der Waals surface area (Å²) in [5.41, 5.74) is 5.07. The van der Waals surface area contributed by atoms with Gasteiger partial charge >= 0.3 is 0 Å². The molecule has 6 nitrogen and oxygen atoms in total. The fourth-order valence-electron chi connectivity index (χ4n) is 2.04. The zero-order valence-corrected chi connectivity index (χ0v) is 11.0. The third-order valence-corrected chi connectivity index (χ3v) is 2.88. The molecule has 0 saturated heterocycles. The van der Waals surface area contributed by atoms with Gasteiger partial charge in [0.15, 0.2) is 0 Å². The van der Waals surface area contributed by atoms with Crippen molar-refractivity contribution in [3.63, 3.8) is 0 Å². The Bertz CT molecular complexity index is 750. The smallest absolute Gasteiger partial charge is 0.239 e. The molecule has 0 bridgehead atoms. The van der Waals surface area contributed by atoms with E-state index in [1.165, 1.54) is 0 Å². The Morgan fingerprint density at radius 3 is 2.80 bits per heavy atom. The first-order valence-corrected chi connectivity index (χ1v) is 6.19. The molecule has 0 atom stereocenters. The molecule has 2 heterocycles. The Kier molecular flexibility index (Phi) is 3.14. The van der Waals surface area contributed by atoms with Gasteiger partial charge in [0, 0.05) is 23.3 Å². The van der Waals surface area contributed by atoms with E-state index in [1.54, 1.807) is 6.20 Å². The van der Waals surface area contributed by atoms with Gasteiger partial charge in [-0.25, -0.2) is 10.8 Å². The fraction of sp³-hybridized carbons (Fsp3) is 0.0714. The fourth-order valence-corrected chi connectivity index (χ4v) is 2.04. The van der Waals surface area contributed by atoms with Crippen molar-refractivity contribution in [1.82, 2.24) is 15.0 Å². The average Bonchev–Trinajstić information content (AvgIpc) is 2.47. The maximum Gasteiger partial charge on any atom is 0.239 e. The summed E-state index contributed by atoms with van der Waals surface area (Å²) in [5.74, 6) is 6.40. The van der Waals surface area contributed by atoms with Gasteiger partial charge in [-0.3, -0.25) is 10.4 Å². The number of rotatable bonds is 3. The van der Waals surface area contributed by atoms with E-state index in [1.807, 2.05) is 43.3 Å². The van der Waals surface area contributed by atoms with Crippen molar-refractivity contribution in [2.45, 2.75) is 6.92 Å². The number of aryl methyl sites for hydroxylation is 1. The van der Waals surface area contributed by atoms with Crippen LogP contribution in [0.2, 0.25) is 0 Å². The summed E-state index contributed by atoms with van der Waals surface area (Å²) in [6.07, 6.45) is 1.77. The van der Waals surface area contributed by atoms with Crippen LogP contribution in [-0.4, -0.2) is 15.0 Å². The number of nitrogens with two attached hydrogens (primary N) is 1. The summed E-state index contributed by atoms with van der Waals surface area (Å²) in [5, 5.41) is 4.32. The SMILES string of the molecule is Cc1cc(Nc2cccc3cccnc23)nc(NN)n1. The molecule has 2 aromatic heterocycles. The molecule has 0 spiro atoms. The summed E-state index contributed by atoms with van der Waals surface area (Å²) >= 11 is 0. The number of hydrogen-bond donors (Lipinski definition) is 3. The van der Waals surface area contributed by atoms with E-state index < -0.39 is 0 Å². The Labute approximate surface area is 116 Å². The Morgan fingerprint density at radius 2 is 1.95 bits per heavy atom. The van der Waals surface area contributed by atoms with Crippen molar-refractivity contribution in [3.8, 4) is 0 Å². The Balaban J connectivity index is 2.03. The number of nitrogens with one attached hydrogen (secondary N) is 2. The van der Waals surface area contributed by atoms with Gasteiger partial charge in [0.2, 0.25) is 5.95 Å². The topological polar surface area (TPSA) is 88.8 Å². The lowest BCUT2D eigenvalue weighted by atomic mass is 10.2. The minimum Gasteiger partial charge on any atom is -0.338 e. The van der Waals surface area contributed by atoms with Crippen molar-refractivity contribution in [2.24, 2.45) is 5.84 Å². The zero-order valence-electron chi connectivity index (χ0n) is 11.0. The van der Waals surface area contributed by atoms with Crippen molar-refractivity contribution >= 4 is 28.4 Å². The minimum absolute atomic E-state index is 0.376. The number of aromatic nitrogens is 3. The first kappa shape index (κ1) is 12.3. The quantitative estimate of drug-likeness (QED) is 0.498. The standard InChI is InChI=1S/C14H14N6/c1-9-8-12(19-14(17-9)20-15)18-11-6-2-4-10-5-3-7-16-13(10)11/h2-8H,15H2,1H3,(H2,17,18,19,20). The van der Waals surface area contributed by atoms with E-state index in [0.717, 1.165) is 22.3 Å². The molecule has 0 unspecified atom stereocenters. The van der Waals surface area contributed by atoms with Gasteiger partial charge in [-0.2, -0.15) is 4.98 Å². The predicted octanol–water partition coefficient (Wildman–Crippen LogP) is 2.36. The van der Waals surface area contributed by atoms with Crippen LogP contribution in [0.25, 0.3) is 10.9 Å². The van der Waals surface area contributed by atoms with Crippen molar-refractivity contribution < 1.29 is 0 Å². The van der Waals surface area contributed by atoms with Crippen LogP contribution < -0.4 is 16.6 Å². The van der Waals surface area contributed by atoms with E-state index in [-0.39, 0.29) is 0 Å². The second kappa shape index (κ2) is 5.10. The number of hydrazine groups is 1. The Morgan fingerprint density at radius 1 is 1.10 bits per heavy atom. The van der Waals surface area contributed by atoms with Crippen LogP contribution in [0.15, 0.2) is 42.6 Å². The molecule has 0 aliphatic carbocycles. The molecule has 0 aliphatic rings. The minimum atomic E-state index is 0.376. The predicted molar refractivity (Wildman–Crippen MR) is 79.6 cm³/mol. The van der Waals surface area contributed by atoms with E-state index in [9.17, 15) is 0 Å². The van der Waals surface area contributed by atoms with Crippen molar-refractivity contribution in [2.75, 3.05) is 10.7 Å². The zero-order chi connectivity index (χ0) is 13.9. The maximum atomic E-state index is 5.36. The van der Waals surface area contributed by atoms with Gasteiger partial charge in [0.25, 0.3) is 0 Å². The number of nitrogens with zero attached hydrogens (tertiary/aromatic N) is 3. The van der Waals surface area contributed by atoms with Gasteiger partial charge < -0.3 is 5.32 Å². The van der Waals surface area contributed by atoms with Gasteiger partial charge in [0.05, 0.1) is 11.2 Å². The highest BCUT2D eigenvalue weighted by Gasteiger charge is 2.05. The number of fused-ring (bicyclic) bond motifs is 1. The molecule has 0 fully saturated rings.